The van der Waals surface area contributed by atoms with E-state index >= 15 is 0 Å². The topological polar surface area (TPSA) is 74.8 Å². The van der Waals surface area contributed by atoms with Crippen LogP contribution < -0.4 is 16.0 Å². The number of nitrogens with one attached hydrogen (secondary N) is 3. The van der Waals surface area contributed by atoms with Gasteiger partial charge in [0.15, 0.2) is 5.96 Å². The summed E-state index contributed by atoms with van der Waals surface area (Å²) in [4.78, 5) is 16.0. The molecule has 0 bridgehead atoms. The van der Waals surface area contributed by atoms with Crippen LogP contribution in [-0.4, -0.2) is 32.1 Å². The molecule has 0 saturated heterocycles. The van der Waals surface area contributed by atoms with Crippen molar-refractivity contribution in [2.24, 2.45) is 10.9 Å². The Balaban J connectivity index is 0.00000480. The van der Waals surface area contributed by atoms with Crippen LogP contribution in [0, 0.1) is 5.92 Å². The van der Waals surface area contributed by atoms with Crippen molar-refractivity contribution < 1.29 is 9.53 Å². The second-order valence-electron chi connectivity index (χ2n) is 7.47. The molecule has 3 N–H and O–H groups in total. The van der Waals surface area contributed by atoms with Crippen LogP contribution in [0.4, 0.5) is 5.69 Å². The van der Waals surface area contributed by atoms with Gasteiger partial charge in [-0.2, -0.15) is 0 Å². The van der Waals surface area contributed by atoms with E-state index in [0.29, 0.717) is 13.2 Å². The second-order valence-corrected chi connectivity index (χ2v) is 7.47. The third kappa shape index (κ3) is 10.1. The first-order chi connectivity index (χ1) is 14.5. The monoisotopic (exact) mass is 538 g/mol. The average Bonchev–Trinajstić information content (AvgIpc) is 2.77. The molecule has 2 aromatic rings. The normalized spacial score (nSPS) is 12.1. The summed E-state index contributed by atoms with van der Waals surface area (Å²) in [6.45, 7) is 7.94. The van der Waals surface area contributed by atoms with E-state index in [0.717, 1.165) is 30.2 Å². The van der Waals surface area contributed by atoms with E-state index in [2.05, 4.69) is 40.0 Å². The SMILES string of the molecule is CN=C(NCCCOC(C)c1ccccc1)NCc1ccc(NC(=O)C(C)C)cc1.I. The van der Waals surface area contributed by atoms with E-state index < -0.39 is 0 Å². The van der Waals surface area contributed by atoms with Crippen molar-refractivity contribution in [1.82, 2.24) is 10.6 Å². The van der Waals surface area contributed by atoms with E-state index in [1.807, 2.05) is 56.3 Å². The smallest absolute Gasteiger partial charge is 0.226 e. The molecule has 0 aliphatic heterocycles. The van der Waals surface area contributed by atoms with Crippen LogP contribution in [-0.2, 0) is 16.1 Å². The fourth-order valence-electron chi connectivity index (χ4n) is 2.76. The number of hydrogen-bond acceptors (Lipinski definition) is 3. The number of ether oxygens (including phenoxy) is 1. The molecule has 0 heterocycles. The van der Waals surface area contributed by atoms with Gasteiger partial charge in [0.2, 0.25) is 5.91 Å². The summed E-state index contributed by atoms with van der Waals surface area (Å²) in [6, 6.07) is 18.1. The number of hydrogen-bond donors (Lipinski definition) is 3. The number of rotatable bonds is 10. The molecule has 7 heteroatoms. The summed E-state index contributed by atoms with van der Waals surface area (Å²) >= 11 is 0. The fourth-order valence-corrected chi connectivity index (χ4v) is 2.76. The first-order valence-corrected chi connectivity index (χ1v) is 10.5. The van der Waals surface area contributed by atoms with Gasteiger partial charge in [0.1, 0.15) is 0 Å². The lowest BCUT2D eigenvalue weighted by Crippen LogP contribution is -2.37. The lowest BCUT2D eigenvalue weighted by Gasteiger charge is -2.15. The maximum atomic E-state index is 11.8. The van der Waals surface area contributed by atoms with Gasteiger partial charge in [0.25, 0.3) is 0 Å². The highest BCUT2D eigenvalue weighted by Crippen LogP contribution is 2.15. The molecule has 2 rings (SSSR count). The molecule has 0 aliphatic carbocycles. The highest BCUT2D eigenvalue weighted by atomic mass is 127. The summed E-state index contributed by atoms with van der Waals surface area (Å²) in [5.41, 5.74) is 3.11. The van der Waals surface area contributed by atoms with Crippen molar-refractivity contribution in [3.05, 3.63) is 65.7 Å². The molecule has 0 aromatic heterocycles. The Hall–Kier alpha value is -2.13. The van der Waals surface area contributed by atoms with E-state index in [1.165, 1.54) is 5.56 Å². The quantitative estimate of drug-likeness (QED) is 0.177. The molecule has 6 nitrogen and oxygen atoms in total. The first-order valence-electron chi connectivity index (χ1n) is 10.5. The predicted molar refractivity (Wildman–Crippen MR) is 139 cm³/mol. The first kappa shape index (κ1) is 26.9. The van der Waals surface area contributed by atoms with Crippen LogP contribution in [0.1, 0.15) is 44.4 Å². The molecular formula is C24H35IN4O2. The third-order valence-electron chi connectivity index (χ3n) is 4.68. The molecule has 31 heavy (non-hydrogen) atoms. The zero-order valence-electron chi connectivity index (χ0n) is 18.9. The van der Waals surface area contributed by atoms with Crippen LogP contribution in [0.25, 0.3) is 0 Å². The van der Waals surface area contributed by atoms with Gasteiger partial charge < -0.3 is 20.7 Å². The Kier molecular flexibility index (Phi) is 12.8. The molecule has 1 atom stereocenters. The summed E-state index contributed by atoms with van der Waals surface area (Å²) in [7, 11) is 1.76. The number of anilines is 1. The van der Waals surface area contributed by atoms with E-state index in [9.17, 15) is 4.79 Å². The number of amides is 1. The fraction of sp³-hybridized carbons (Fsp3) is 0.417. The number of benzene rings is 2. The standard InChI is InChI=1S/C24H34N4O2.HI/c1-18(2)23(29)28-22-13-11-20(12-14-22)17-27-24(25-4)26-15-8-16-30-19(3)21-9-6-5-7-10-21;/h5-7,9-14,18-19H,8,15-17H2,1-4H3,(H,28,29)(H2,25,26,27);1H. The Morgan fingerprint density at radius 1 is 1.00 bits per heavy atom. The van der Waals surface area contributed by atoms with Gasteiger partial charge in [0.05, 0.1) is 6.10 Å². The van der Waals surface area contributed by atoms with Gasteiger partial charge in [-0.15, -0.1) is 24.0 Å². The lowest BCUT2D eigenvalue weighted by atomic mass is 10.1. The maximum absolute atomic E-state index is 11.8. The Bertz CT molecular complexity index is 795. The molecule has 170 valence electrons. The second kappa shape index (κ2) is 14.8. The van der Waals surface area contributed by atoms with Gasteiger partial charge in [-0.25, -0.2) is 0 Å². The number of carbonyl (C=O) groups is 1. The van der Waals surface area contributed by atoms with Crippen LogP contribution in [0.15, 0.2) is 59.6 Å². The minimum Gasteiger partial charge on any atom is -0.374 e. The van der Waals surface area contributed by atoms with Gasteiger partial charge in [0, 0.05) is 38.3 Å². The van der Waals surface area contributed by atoms with Crippen LogP contribution in [0.3, 0.4) is 0 Å². The number of aliphatic imine (C=N–C) groups is 1. The zero-order valence-corrected chi connectivity index (χ0v) is 21.2. The van der Waals surface area contributed by atoms with Crippen molar-refractivity contribution in [2.45, 2.75) is 39.8 Å². The van der Waals surface area contributed by atoms with Crippen molar-refractivity contribution >= 4 is 41.5 Å². The van der Waals surface area contributed by atoms with Crippen LogP contribution in [0.2, 0.25) is 0 Å². The maximum Gasteiger partial charge on any atom is 0.226 e. The number of nitrogens with zero attached hydrogens (tertiary/aromatic N) is 1. The minimum atomic E-state index is -0.0345. The highest BCUT2D eigenvalue weighted by Gasteiger charge is 2.07. The summed E-state index contributed by atoms with van der Waals surface area (Å²) in [5.74, 6) is 0.739. The van der Waals surface area contributed by atoms with Gasteiger partial charge in [-0.05, 0) is 36.6 Å². The molecule has 0 saturated carbocycles. The van der Waals surface area contributed by atoms with Gasteiger partial charge in [-0.1, -0.05) is 56.3 Å². The number of carbonyl (C=O) groups excluding carboxylic acids is 1. The van der Waals surface area contributed by atoms with Crippen LogP contribution in [0.5, 0.6) is 0 Å². The summed E-state index contributed by atoms with van der Waals surface area (Å²) in [6.07, 6.45) is 0.985. The molecule has 0 aliphatic rings. The highest BCUT2D eigenvalue weighted by molar-refractivity contribution is 14.0. The molecular weight excluding hydrogens is 503 g/mol. The largest absolute Gasteiger partial charge is 0.374 e. The summed E-state index contributed by atoms with van der Waals surface area (Å²) < 4.78 is 5.90. The van der Waals surface area contributed by atoms with Gasteiger partial charge >= 0.3 is 0 Å². The Morgan fingerprint density at radius 2 is 1.68 bits per heavy atom. The van der Waals surface area contributed by atoms with E-state index in [-0.39, 0.29) is 41.9 Å². The molecule has 0 spiro atoms. The average molecular weight is 538 g/mol. The minimum absolute atomic E-state index is 0. The van der Waals surface area contributed by atoms with Crippen LogP contribution >= 0.6 is 24.0 Å². The van der Waals surface area contributed by atoms with Crippen molar-refractivity contribution in [3.8, 4) is 0 Å². The lowest BCUT2D eigenvalue weighted by molar-refractivity contribution is -0.118. The van der Waals surface area contributed by atoms with E-state index in [4.69, 9.17) is 4.74 Å². The van der Waals surface area contributed by atoms with Crippen molar-refractivity contribution in [3.63, 3.8) is 0 Å². The van der Waals surface area contributed by atoms with E-state index in [1.54, 1.807) is 7.05 Å². The molecule has 1 amide bonds. The number of halogens is 1. The molecule has 0 fully saturated rings. The van der Waals surface area contributed by atoms with Gasteiger partial charge in [-0.3, -0.25) is 9.79 Å². The molecule has 1 unspecified atom stereocenters. The third-order valence-corrected chi connectivity index (χ3v) is 4.68. The molecule has 0 radical (unpaired) electrons. The molecule has 2 aromatic carbocycles. The van der Waals surface area contributed by atoms with Crippen molar-refractivity contribution in [1.29, 1.82) is 0 Å². The Morgan fingerprint density at radius 3 is 2.29 bits per heavy atom. The zero-order chi connectivity index (χ0) is 21.8. The predicted octanol–water partition coefficient (Wildman–Crippen LogP) is 4.73. The summed E-state index contributed by atoms with van der Waals surface area (Å²) in [5, 5.41) is 9.50. The Labute approximate surface area is 203 Å². The van der Waals surface area contributed by atoms with Crippen molar-refractivity contribution in [2.75, 3.05) is 25.5 Å². The number of guanidine groups is 1.